The van der Waals surface area contributed by atoms with E-state index in [4.69, 9.17) is 11.2 Å². The van der Waals surface area contributed by atoms with Crippen molar-refractivity contribution in [3.8, 4) is 12.3 Å². The molecule has 0 aromatic rings. The molecule has 0 aliphatic carbocycles. The molecule has 0 saturated heterocycles. The van der Waals surface area contributed by atoms with Crippen molar-refractivity contribution in [3.05, 3.63) is 0 Å². The number of nitrogens with one attached hydrogen (secondary N) is 1. The van der Waals surface area contributed by atoms with Crippen molar-refractivity contribution in [2.75, 3.05) is 0 Å². The van der Waals surface area contributed by atoms with E-state index in [-0.39, 0.29) is 5.92 Å². The maximum absolute atomic E-state index is 11.5. The molecule has 0 saturated carbocycles. The first-order valence-corrected chi connectivity index (χ1v) is 5.31. The summed E-state index contributed by atoms with van der Waals surface area (Å²) in [4.78, 5) is 11.5. The van der Waals surface area contributed by atoms with E-state index in [9.17, 15) is 9.90 Å². The number of carbonyl (C=O) groups excluding carboxylic acids is 1. The highest BCUT2D eigenvalue weighted by atomic mass is 16.6. The van der Waals surface area contributed by atoms with E-state index >= 15 is 0 Å². The fourth-order valence-corrected chi connectivity index (χ4v) is 1.16. The molecule has 0 aromatic carbocycles. The Morgan fingerprint density at radius 1 is 1.44 bits per heavy atom. The quantitative estimate of drug-likeness (QED) is 0.719. The Bertz CT molecular complexity index is 273. The van der Waals surface area contributed by atoms with E-state index in [0.29, 0.717) is 0 Å². The van der Waals surface area contributed by atoms with E-state index in [1.807, 2.05) is 13.8 Å². The van der Waals surface area contributed by atoms with Crippen LogP contribution >= 0.6 is 0 Å². The second-order valence-corrected chi connectivity index (χ2v) is 5.03. The fraction of sp³-hybridized carbons (Fsp3) is 0.750. The molecule has 16 heavy (non-hydrogen) atoms. The summed E-state index contributed by atoms with van der Waals surface area (Å²) < 4.78 is 5.08. The maximum Gasteiger partial charge on any atom is 0.408 e. The summed E-state index contributed by atoms with van der Waals surface area (Å²) in [6, 6.07) is -0.500. The van der Waals surface area contributed by atoms with Crippen LogP contribution in [0.15, 0.2) is 0 Å². The van der Waals surface area contributed by atoms with Crippen LogP contribution in [-0.2, 0) is 4.74 Å². The Balaban J connectivity index is 4.43. The van der Waals surface area contributed by atoms with Gasteiger partial charge in [-0.05, 0) is 26.7 Å². The Labute approximate surface area is 97.4 Å². The molecule has 1 amide bonds. The lowest BCUT2D eigenvalue weighted by Crippen LogP contribution is -2.47. The first kappa shape index (κ1) is 14.8. The largest absolute Gasteiger partial charge is 0.444 e. The standard InChI is InChI=1S/C12H21NO3/c1-7-9(14)10(8(2)3)13-11(15)16-12(4,5)6/h1,8-10,14H,2-6H3,(H,13,15)/t9-,10+/m1/s1. The first-order chi connectivity index (χ1) is 7.17. The van der Waals surface area contributed by atoms with Crippen molar-refractivity contribution >= 4 is 6.09 Å². The maximum atomic E-state index is 11.5. The molecule has 0 aromatic heterocycles. The molecule has 0 unspecified atom stereocenters. The number of amides is 1. The summed E-state index contributed by atoms with van der Waals surface area (Å²) in [5.41, 5.74) is -0.563. The molecule has 2 atom stereocenters. The van der Waals surface area contributed by atoms with E-state index in [1.165, 1.54) is 0 Å². The number of hydrogen-bond donors (Lipinski definition) is 2. The van der Waals surface area contributed by atoms with Crippen molar-refractivity contribution in [1.29, 1.82) is 0 Å². The zero-order valence-corrected chi connectivity index (χ0v) is 10.6. The van der Waals surface area contributed by atoms with Crippen LogP contribution in [0.25, 0.3) is 0 Å². The fourth-order valence-electron chi connectivity index (χ4n) is 1.16. The normalized spacial score (nSPS) is 15.1. The summed E-state index contributed by atoms with van der Waals surface area (Å²) in [5.74, 6) is 2.23. The molecule has 0 spiro atoms. The lowest BCUT2D eigenvalue weighted by molar-refractivity contribution is 0.0429. The third-order valence-electron chi connectivity index (χ3n) is 1.91. The Morgan fingerprint density at radius 3 is 2.25 bits per heavy atom. The molecule has 2 N–H and O–H groups in total. The number of carbonyl (C=O) groups is 1. The predicted octanol–water partition coefficient (Wildman–Crippen LogP) is 1.53. The van der Waals surface area contributed by atoms with Gasteiger partial charge in [0, 0.05) is 0 Å². The predicted molar refractivity (Wildman–Crippen MR) is 62.8 cm³/mol. The highest BCUT2D eigenvalue weighted by Gasteiger charge is 2.25. The molecule has 0 fully saturated rings. The lowest BCUT2D eigenvalue weighted by Gasteiger charge is -2.26. The van der Waals surface area contributed by atoms with Crippen molar-refractivity contribution in [1.82, 2.24) is 5.32 Å². The number of terminal acetylenes is 1. The molecule has 0 aliphatic heterocycles. The van der Waals surface area contributed by atoms with E-state index in [0.717, 1.165) is 0 Å². The molecule has 0 rings (SSSR count). The molecule has 92 valence electrons. The molecule has 0 radical (unpaired) electrons. The van der Waals surface area contributed by atoms with E-state index in [1.54, 1.807) is 20.8 Å². The average molecular weight is 227 g/mol. The van der Waals surface area contributed by atoms with Gasteiger partial charge in [-0.25, -0.2) is 4.79 Å². The van der Waals surface area contributed by atoms with Crippen LogP contribution in [0.5, 0.6) is 0 Å². The van der Waals surface area contributed by atoms with Crippen LogP contribution in [0.2, 0.25) is 0 Å². The minimum atomic E-state index is -1.01. The third-order valence-corrected chi connectivity index (χ3v) is 1.91. The molecule has 0 heterocycles. The summed E-state index contributed by atoms with van der Waals surface area (Å²) in [7, 11) is 0. The smallest absolute Gasteiger partial charge is 0.408 e. The number of rotatable bonds is 3. The topological polar surface area (TPSA) is 58.6 Å². The molecule has 4 heteroatoms. The van der Waals surface area contributed by atoms with Gasteiger partial charge >= 0.3 is 6.09 Å². The highest BCUT2D eigenvalue weighted by Crippen LogP contribution is 2.10. The van der Waals surface area contributed by atoms with Crippen molar-refractivity contribution in [3.63, 3.8) is 0 Å². The van der Waals surface area contributed by atoms with Crippen molar-refractivity contribution < 1.29 is 14.6 Å². The van der Waals surface area contributed by atoms with Gasteiger partial charge in [0.15, 0.2) is 0 Å². The molecular weight excluding hydrogens is 206 g/mol. The number of ether oxygens (including phenoxy) is 1. The minimum Gasteiger partial charge on any atom is -0.444 e. The Hall–Kier alpha value is -1.21. The Kier molecular flexibility index (Phi) is 5.32. The van der Waals surface area contributed by atoms with Crippen LogP contribution in [0.3, 0.4) is 0 Å². The number of aliphatic hydroxyl groups excluding tert-OH is 1. The van der Waals surface area contributed by atoms with Crippen LogP contribution in [0, 0.1) is 18.3 Å². The van der Waals surface area contributed by atoms with Gasteiger partial charge in [0.2, 0.25) is 0 Å². The third kappa shape index (κ3) is 5.62. The lowest BCUT2D eigenvalue weighted by atomic mass is 9.99. The van der Waals surface area contributed by atoms with Gasteiger partial charge in [-0.2, -0.15) is 0 Å². The van der Waals surface area contributed by atoms with Gasteiger partial charge in [0.25, 0.3) is 0 Å². The highest BCUT2D eigenvalue weighted by molar-refractivity contribution is 5.68. The zero-order valence-electron chi connectivity index (χ0n) is 10.6. The number of aliphatic hydroxyl groups is 1. The second-order valence-electron chi connectivity index (χ2n) is 5.03. The average Bonchev–Trinajstić information content (AvgIpc) is 2.09. The minimum absolute atomic E-state index is 0.0265. The van der Waals surface area contributed by atoms with Gasteiger partial charge in [-0.3, -0.25) is 0 Å². The Morgan fingerprint density at radius 2 is 1.94 bits per heavy atom. The van der Waals surface area contributed by atoms with Gasteiger partial charge in [0.1, 0.15) is 11.7 Å². The van der Waals surface area contributed by atoms with Crippen LogP contribution in [0.1, 0.15) is 34.6 Å². The second kappa shape index (κ2) is 5.76. The monoisotopic (exact) mass is 227 g/mol. The van der Waals surface area contributed by atoms with Crippen molar-refractivity contribution in [2.45, 2.75) is 52.4 Å². The first-order valence-electron chi connectivity index (χ1n) is 5.31. The van der Waals surface area contributed by atoms with Crippen LogP contribution in [-0.4, -0.2) is 28.9 Å². The van der Waals surface area contributed by atoms with Crippen LogP contribution < -0.4 is 5.32 Å². The molecule has 4 nitrogen and oxygen atoms in total. The van der Waals surface area contributed by atoms with E-state index in [2.05, 4.69) is 11.2 Å². The molecule has 0 bridgehead atoms. The summed E-state index contributed by atoms with van der Waals surface area (Å²) in [5, 5.41) is 12.1. The summed E-state index contributed by atoms with van der Waals surface area (Å²) >= 11 is 0. The van der Waals surface area contributed by atoms with Gasteiger partial charge in [-0.15, -0.1) is 6.42 Å². The zero-order chi connectivity index (χ0) is 12.9. The number of hydrogen-bond acceptors (Lipinski definition) is 3. The van der Waals surface area contributed by atoms with Gasteiger partial charge in [-0.1, -0.05) is 19.8 Å². The number of alkyl carbamates (subject to hydrolysis) is 1. The summed E-state index contributed by atoms with van der Waals surface area (Å²) in [6.45, 7) is 9.04. The van der Waals surface area contributed by atoms with Crippen molar-refractivity contribution in [2.24, 2.45) is 5.92 Å². The summed E-state index contributed by atoms with van der Waals surface area (Å²) in [6.07, 6.45) is 3.55. The van der Waals surface area contributed by atoms with Crippen LogP contribution in [0.4, 0.5) is 4.79 Å². The van der Waals surface area contributed by atoms with Gasteiger partial charge < -0.3 is 15.2 Å². The SMILES string of the molecule is C#C[C@@H](O)[C@@H](NC(=O)OC(C)(C)C)C(C)C. The van der Waals surface area contributed by atoms with E-state index < -0.39 is 23.8 Å². The molecular formula is C12H21NO3. The molecule has 0 aliphatic rings. The van der Waals surface area contributed by atoms with Gasteiger partial charge in [0.05, 0.1) is 6.04 Å².